The van der Waals surface area contributed by atoms with E-state index < -0.39 is 5.92 Å². The molecule has 0 radical (unpaired) electrons. The number of carbonyl (C=O) groups excluding carboxylic acids is 2. The zero-order valence-electron chi connectivity index (χ0n) is 14.0. The number of hydrogen-bond acceptors (Lipinski definition) is 3. The van der Waals surface area contributed by atoms with E-state index >= 15 is 0 Å². The van der Waals surface area contributed by atoms with E-state index in [2.05, 4.69) is 21.2 Å². The molecule has 2 heterocycles. The maximum Gasteiger partial charge on any atom is 0.239 e. The highest BCUT2D eigenvalue weighted by Gasteiger charge is 2.40. The first-order valence-electron chi connectivity index (χ1n) is 8.60. The first-order valence-corrected chi connectivity index (χ1v) is 9.39. The smallest absolute Gasteiger partial charge is 0.239 e. The highest BCUT2D eigenvalue weighted by Crippen LogP contribution is 2.29. The zero-order valence-corrected chi connectivity index (χ0v) is 15.6. The fourth-order valence-corrected chi connectivity index (χ4v) is 4.14. The molecule has 24 heavy (non-hydrogen) atoms. The van der Waals surface area contributed by atoms with Gasteiger partial charge in [0.2, 0.25) is 11.8 Å². The summed E-state index contributed by atoms with van der Waals surface area (Å²) in [6, 6.07) is 7.69. The van der Waals surface area contributed by atoms with E-state index in [0.717, 1.165) is 42.6 Å². The lowest BCUT2D eigenvalue weighted by molar-refractivity contribution is -0.141. The Balaban J connectivity index is 1.67. The summed E-state index contributed by atoms with van der Waals surface area (Å²) in [7, 11) is 1.94. The zero-order chi connectivity index (χ0) is 17.1. The fraction of sp³-hybridized carbons (Fsp3) is 0.556. The lowest BCUT2D eigenvalue weighted by Gasteiger charge is -2.34. The van der Waals surface area contributed by atoms with Gasteiger partial charge < -0.3 is 15.1 Å². The van der Waals surface area contributed by atoms with Gasteiger partial charge in [-0.1, -0.05) is 22.0 Å². The van der Waals surface area contributed by atoms with Gasteiger partial charge in [-0.15, -0.1) is 0 Å². The maximum atomic E-state index is 12.9. The van der Waals surface area contributed by atoms with Gasteiger partial charge in [-0.3, -0.25) is 9.59 Å². The van der Waals surface area contributed by atoms with Crippen molar-refractivity contribution in [2.45, 2.75) is 19.3 Å². The Kier molecular flexibility index (Phi) is 5.56. The molecule has 2 amide bonds. The van der Waals surface area contributed by atoms with Crippen LogP contribution in [0, 0.1) is 11.8 Å². The molecule has 2 aliphatic heterocycles. The van der Waals surface area contributed by atoms with Crippen LogP contribution in [-0.2, 0) is 9.59 Å². The van der Waals surface area contributed by atoms with Crippen LogP contribution in [-0.4, -0.2) is 49.9 Å². The molecule has 3 rings (SSSR count). The molecule has 0 saturated carbocycles. The van der Waals surface area contributed by atoms with Gasteiger partial charge in [0.25, 0.3) is 0 Å². The van der Waals surface area contributed by atoms with Crippen molar-refractivity contribution in [1.29, 1.82) is 0 Å². The van der Waals surface area contributed by atoms with E-state index in [1.54, 1.807) is 4.90 Å². The monoisotopic (exact) mass is 393 g/mol. The molecule has 5 nitrogen and oxygen atoms in total. The van der Waals surface area contributed by atoms with Crippen molar-refractivity contribution in [2.24, 2.45) is 11.8 Å². The van der Waals surface area contributed by atoms with Gasteiger partial charge >= 0.3 is 0 Å². The molecule has 0 spiro atoms. The van der Waals surface area contributed by atoms with Gasteiger partial charge in [0.05, 0.1) is 0 Å². The third-order valence-electron chi connectivity index (χ3n) is 4.95. The van der Waals surface area contributed by atoms with Crippen molar-refractivity contribution in [3.63, 3.8) is 0 Å². The van der Waals surface area contributed by atoms with E-state index in [0.29, 0.717) is 18.9 Å². The first kappa shape index (κ1) is 17.4. The molecule has 1 N–H and O–H groups in total. The number of benzene rings is 1. The molecular weight excluding hydrogens is 370 g/mol. The molecule has 6 heteroatoms. The summed E-state index contributed by atoms with van der Waals surface area (Å²) < 4.78 is 0.938. The summed E-state index contributed by atoms with van der Waals surface area (Å²) in [4.78, 5) is 29.3. The average molecular weight is 394 g/mol. The molecule has 0 aromatic heterocycles. The highest BCUT2D eigenvalue weighted by molar-refractivity contribution is 9.10. The second-order valence-electron chi connectivity index (χ2n) is 6.66. The van der Waals surface area contributed by atoms with Crippen LogP contribution in [0.3, 0.4) is 0 Å². The van der Waals surface area contributed by atoms with Crippen LogP contribution in [0.1, 0.15) is 19.3 Å². The van der Waals surface area contributed by atoms with Crippen LogP contribution in [0.5, 0.6) is 0 Å². The quantitative estimate of drug-likeness (QED) is 0.798. The summed E-state index contributed by atoms with van der Waals surface area (Å²) >= 11 is 3.44. The lowest BCUT2D eigenvalue weighted by atomic mass is 9.96. The molecule has 130 valence electrons. The van der Waals surface area contributed by atoms with Crippen molar-refractivity contribution >= 4 is 33.4 Å². The van der Waals surface area contributed by atoms with Crippen LogP contribution >= 0.6 is 15.9 Å². The number of carbonyl (C=O) groups is 2. The summed E-state index contributed by atoms with van der Waals surface area (Å²) in [5.41, 5.74) is 0.858. The molecule has 1 aromatic carbocycles. The minimum absolute atomic E-state index is 0.0123. The third-order valence-corrected chi connectivity index (χ3v) is 5.44. The Morgan fingerprint density at radius 3 is 2.92 bits per heavy atom. The Labute approximate surface area is 151 Å². The standard InChI is InChI=1S/C18H24BrN3O2/c1-20-11-13-4-3-8-21(12-13)17(23)16-7-9-22(18(16)24)15-6-2-5-14(19)10-15/h2,5-6,10,13,16,20H,3-4,7-9,11-12H2,1H3. The second kappa shape index (κ2) is 7.66. The van der Waals surface area contributed by atoms with Gasteiger partial charge in [0.15, 0.2) is 0 Å². The Morgan fingerprint density at radius 2 is 2.17 bits per heavy atom. The third kappa shape index (κ3) is 3.64. The lowest BCUT2D eigenvalue weighted by Crippen LogP contribution is -2.46. The van der Waals surface area contributed by atoms with Gasteiger partial charge in [0, 0.05) is 29.8 Å². The number of amides is 2. The molecule has 1 aromatic rings. The Morgan fingerprint density at radius 1 is 1.33 bits per heavy atom. The molecule has 0 bridgehead atoms. The van der Waals surface area contributed by atoms with Gasteiger partial charge in [-0.25, -0.2) is 0 Å². The Hall–Kier alpha value is -1.40. The van der Waals surface area contributed by atoms with Gasteiger partial charge in [-0.05, 0) is 57.0 Å². The number of rotatable bonds is 4. The van der Waals surface area contributed by atoms with Crippen LogP contribution in [0.15, 0.2) is 28.7 Å². The number of nitrogens with one attached hydrogen (secondary N) is 1. The van der Waals surface area contributed by atoms with E-state index in [9.17, 15) is 9.59 Å². The van der Waals surface area contributed by atoms with E-state index in [-0.39, 0.29) is 11.8 Å². The highest BCUT2D eigenvalue weighted by atomic mass is 79.9. The van der Waals surface area contributed by atoms with Gasteiger partial charge in [-0.2, -0.15) is 0 Å². The van der Waals surface area contributed by atoms with Crippen molar-refractivity contribution in [3.8, 4) is 0 Å². The minimum Gasteiger partial charge on any atom is -0.342 e. The predicted molar refractivity (Wildman–Crippen MR) is 97.8 cm³/mol. The molecule has 0 aliphatic carbocycles. The number of hydrogen-bond donors (Lipinski definition) is 1. The molecule has 2 aliphatic rings. The number of likely N-dealkylation sites (tertiary alicyclic amines) is 1. The van der Waals surface area contributed by atoms with Crippen molar-refractivity contribution in [2.75, 3.05) is 38.1 Å². The summed E-state index contributed by atoms with van der Waals surface area (Å²) in [5.74, 6) is -0.0742. The van der Waals surface area contributed by atoms with Crippen LogP contribution in [0.4, 0.5) is 5.69 Å². The van der Waals surface area contributed by atoms with E-state index in [1.165, 1.54) is 0 Å². The summed E-state index contributed by atoms with van der Waals surface area (Å²) in [6.45, 7) is 3.08. The molecule has 2 unspecified atom stereocenters. The minimum atomic E-state index is -0.516. The average Bonchev–Trinajstić information content (AvgIpc) is 2.96. The number of anilines is 1. The van der Waals surface area contributed by atoms with E-state index in [1.807, 2.05) is 36.2 Å². The number of piperidine rings is 1. The second-order valence-corrected chi connectivity index (χ2v) is 7.58. The van der Waals surface area contributed by atoms with Crippen molar-refractivity contribution in [1.82, 2.24) is 10.2 Å². The van der Waals surface area contributed by atoms with Crippen molar-refractivity contribution in [3.05, 3.63) is 28.7 Å². The topological polar surface area (TPSA) is 52.7 Å². The largest absolute Gasteiger partial charge is 0.342 e. The van der Waals surface area contributed by atoms with Crippen molar-refractivity contribution < 1.29 is 9.59 Å². The molecular formula is C18H24BrN3O2. The molecule has 2 fully saturated rings. The number of halogens is 1. The SMILES string of the molecule is CNCC1CCCN(C(=O)C2CCN(c3cccc(Br)c3)C2=O)C1. The van der Waals surface area contributed by atoms with Gasteiger partial charge in [0.1, 0.15) is 5.92 Å². The maximum absolute atomic E-state index is 12.9. The van der Waals surface area contributed by atoms with Crippen LogP contribution in [0.25, 0.3) is 0 Å². The van der Waals surface area contributed by atoms with Crippen LogP contribution < -0.4 is 10.2 Å². The molecule has 2 atom stereocenters. The summed E-state index contributed by atoms with van der Waals surface area (Å²) in [6.07, 6.45) is 2.78. The molecule has 2 saturated heterocycles. The normalized spacial score (nSPS) is 24.5. The number of nitrogens with zero attached hydrogens (tertiary/aromatic N) is 2. The summed E-state index contributed by atoms with van der Waals surface area (Å²) in [5, 5.41) is 3.19. The Bertz CT molecular complexity index is 620. The fourth-order valence-electron chi connectivity index (χ4n) is 3.75. The first-order chi connectivity index (χ1) is 11.6. The predicted octanol–water partition coefficient (Wildman–Crippen LogP) is 2.26. The van der Waals surface area contributed by atoms with E-state index in [4.69, 9.17) is 0 Å². The van der Waals surface area contributed by atoms with Crippen LogP contribution in [0.2, 0.25) is 0 Å².